The molecule has 0 unspecified atom stereocenters. The lowest BCUT2D eigenvalue weighted by atomic mass is 10.2. The molecular weight excluding hydrogens is 309 g/mol. The molecule has 0 fully saturated rings. The number of benzene rings is 2. The van der Waals surface area contributed by atoms with Crippen LogP contribution < -0.4 is 14.4 Å². The largest absolute Gasteiger partial charge is 0.489 e. The summed E-state index contributed by atoms with van der Waals surface area (Å²) in [5.41, 5.74) is 0.553. The number of fused-ring (bicyclic) bond motifs is 1. The molecule has 1 aliphatic heterocycles. The minimum absolute atomic E-state index is 0.113. The van der Waals surface area contributed by atoms with E-state index in [1.165, 1.54) is 23.1 Å². The van der Waals surface area contributed by atoms with Gasteiger partial charge in [0, 0.05) is 11.1 Å². The highest BCUT2D eigenvalue weighted by molar-refractivity contribution is 6.30. The van der Waals surface area contributed by atoms with E-state index in [0.29, 0.717) is 35.4 Å². The minimum atomic E-state index is -0.398. The van der Waals surface area contributed by atoms with E-state index < -0.39 is 5.82 Å². The van der Waals surface area contributed by atoms with Crippen LogP contribution in [0, 0.1) is 5.82 Å². The van der Waals surface area contributed by atoms with Crippen LogP contribution in [0.4, 0.5) is 10.1 Å². The van der Waals surface area contributed by atoms with Crippen LogP contribution in [0.1, 0.15) is 0 Å². The van der Waals surface area contributed by atoms with Gasteiger partial charge in [-0.05, 0) is 36.4 Å². The first-order chi connectivity index (χ1) is 10.6. The van der Waals surface area contributed by atoms with Crippen molar-refractivity contribution in [3.8, 4) is 11.5 Å². The van der Waals surface area contributed by atoms with Crippen molar-refractivity contribution in [3.05, 3.63) is 53.3 Å². The molecule has 0 aromatic heterocycles. The lowest BCUT2D eigenvalue weighted by molar-refractivity contribution is -0.120. The molecule has 0 atom stereocenters. The van der Waals surface area contributed by atoms with E-state index in [-0.39, 0.29) is 12.5 Å². The number of carbonyl (C=O) groups excluding carboxylic acids is 1. The Bertz CT molecular complexity index is 690. The molecule has 114 valence electrons. The van der Waals surface area contributed by atoms with Crippen molar-refractivity contribution >= 4 is 23.2 Å². The van der Waals surface area contributed by atoms with E-state index in [1.807, 2.05) is 0 Å². The monoisotopic (exact) mass is 321 g/mol. The van der Waals surface area contributed by atoms with Crippen LogP contribution in [0.25, 0.3) is 0 Å². The summed E-state index contributed by atoms with van der Waals surface area (Å²) < 4.78 is 24.0. The topological polar surface area (TPSA) is 38.8 Å². The number of halogens is 2. The van der Waals surface area contributed by atoms with Gasteiger partial charge in [-0.25, -0.2) is 4.39 Å². The first-order valence-electron chi connectivity index (χ1n) is 6.74. The SMILES string of the molecule is O=C(COc1ccc(Cl)cc1)N1CCOc2cc(F)ccc21. The molecule has 0 N–H and O–H groups in total. The first-order valence-corrected chi connectivity index (χ1v) is 7.12. The van der Waals surface area contributed by atoms with Gasteiger partial charge in [0.05, 0.1) is 12.2 Å². The van der Waals surface area contributed by atoms with Gasteiger partial charge in [-0.1, -0.05) is 11.6 Å². The fourth-order valence-electron chi connectivity index (χ4n) is 2.21. The molecule has 4 nitrogen and oxygen atoms in total. The van der Waals surface area contributed by atoms with Gasteiger partial charge in [-0.3, -0.25) is 4.79 Å². The molecule has 2 aromatic carbocycles. The molecule has 1 amide bonds. The Hall–Kier alpha value is -2.27. The molecule has 0 aliphatic carbocycles. The lowest BCUT2D eigenvalue weighted by Crippen LogP contribution is -2.40. The zero-order valence-electron chi connectivity index (χ0n) is 11.6. The highest BCUT2D eigenvalue weighted by Crippen LogP contribution is 2.32. The van der Waals surface area contributed by atoms with Crippen LogP contribution in [0.3, 0.4) is 0 Å². The first kappa shape index (κ1) is 14.7. The van der Waals surface area contributed by atoms with Crippen molar-refractivity contribution in [1.29, 1.82) is 0 Å². The smallest absolute Gasteiger partial charge is 0.265 e. The van der Waals surface area contributed by atoms with E-state index in [9.17, 15) is 9.18 Å². The molecule has 22 heavy (non-hydrogen) atoms. The zero-order valence-corrected chi connectivity index (χ0v) is 12.3. The molecular formula is C16H13ClFNO3. The molecule has 0 spiro atoms. The van der Waals surface area contributed by atoms with Crippen LogP contribution in [-0.2, 0) is 4.79 Å². The van der Waals surface area contributed by atoms with Crippen molar-refractivity contribution in [3.63, 3.8) is 0 Å². The molecule has 3 rings (SSSR count). The van der Waals surface area contributed by atoms with Gasteiger partial charge < -0.3 is 14.4 Å². The van der Waals surface area contributed by atoms with Crippen molar-refractivity contribution in [1.82, 2.24) is 0 Å². The Labute approximate surface area is 132 Å². The highest BCUT2D eigenvalue weighted by atomic mass is 35.5. The number of hydrogen-bond donors (Lipinski definition) is 0. The fraction of sp³-hybridized carbons (Fsp3) is 0.188. The van der Waals surface area contributed by atoms with Gasteiger partial charge in [0.25, 0.3) is 5.91 Å². The number of hydrogen-bond acceptors (Lipinski definition) is 3. The van der Waals surface area contributed by atoms with Crippen LogP contribution in [0.2, 0.25) is 5.02 Å². The van der Waals surface area contributed by atoms with Gasteiger partial charge in [-0.15, -0.1) is 0 Å². The summed E-state index contributed by atoms with van der Waals surface area (Å²) in [6.45, 7) is 0.614. The standard InChI is InChI=1S/C16H13ClFNO3/c17-11-1-4-13(5-2-11)22-10-16(20)19-7-8-21-15-9-12(18)3-6-14(15)19/h1-6,9H,7-8,10H2. The van der Waals surface area contributed by atoms with Crippen molar-refractivity contribution in [2.45, 2.75) is 0 Å². The average molecular weight is 322 g/mol. The molecule has 0 radical (unpaired) electrons. The third-order valence-corrected chi connectivity index (χ3v) is 3.51. The molecule has 0 saturated carbocycles. The second-order valence-corrected chi connectivity index (χ2v) is 5.18. The minimum Gasteiger partial charge on any atom is -0.489 e. The quantitative estimate of drug-likeness (QED) is 0.871. The Balaban J connectivity index is 1.70. The summed E-state index contributed by atoms with van der Waals surface area (Å²) in [7, 11) is 0. The number of carbonyl (C=O) groups is 1. The van der Waals surface area contributed by atoms with Gasteiger partial charge >= 0.3 is 0 Å². The summed E-state index contributed by atoms with van der Waals surface area (Å²) in [4.78, 5) is 13.8. The van der Waals surface area contributed by atoms with E-state index >= 15 is 0 Å². The molecule has 1 aliphatic rings. The zero-order chi connectivity index (χ0) is 15.5. The van der Waals surface area contributed by atoms with Gasteiger partial charge in [0.1, 0.15) is 23.9 Å². The van der Waals surface area contributed by atoms with Crippen LogP contribution >= 0.6 is 11.6 Å². The number of anilines is 1. The van der Waals surface area contributed by atoms with Crippen molar-refractivity contribution < 1.29 is 18.7 Å². The summed E-state index contributed by atoms with van der Waals surface area (Å²) in [5, 5.41) is 0.600. The maximum atomic E-state index is 13.2. The molecule has 0 bridgehead atoms. The van der Waals surface area contributed by atoms with Crippen molar-refractivity contribution in [2.24, 2.45) is 0 Å². The maximum absolute atomic E-state index is 13.2. The van der Waals surface area contributed by atoms with E-state index in [1.54, 1.807) is 24.3 Å². The van der Waals surface area contributed by atoms with Gasteiger partial charge in [0.15, 0.2) is 6.61 Å². The fourth-order valence-corrected chi connectivity index (χ4v) is 2.33. The Morgan fingerprint density at radius 3 is 2.82 bits per heavy atom. The van der Waals surface area contributed by atoms with E-state index in [0.717, 1.165) is 0 Å². The molecule has 1 heterocycles. The second kappa shape index (κ2) is 6.23. The normalized spacial score (nSPS) is 13.3. The number of rotatable bonds is 3. The van der Waals surface area contributed by atoms with Crippen LogP contribution in [-0.4, -0.2) is 25.7 Å². The summed E-state index contributed by atoms with van der Waals surface area (Å²) in [6.07, 6.45) is 0. The Kier molecular flexibility index (Phi) is 4.15. The van der Waals surface area contributed by atoms with Crippen molar-refractivity contribution in [2.75, 3.05) is 24.7 Å². The van der Waals surface area contributed by atoms with Crippen LogP contribution in [0.5, 0.6) is 11.5 Å². The highest BCUT2D eigenvalue weighted by Gasteiger charge is 2.24. The van der Waals surface area contributed by atoms with E-state index in [2.05, 4.69) is 0 Å². The Morgan fingerprint density at radius 2 is 2.05 bits per heavy atom. The van der Waals surface area contributed by atoms with Crippen LogP contribution in [0.15, 0.2) is 42.5 Å². The third-order valence-electron chi connectivity index (χ3n) is 3.26. The number of amides is 1. The van der Waals surface area contributed by atoms with Gasteiger partial charge in [-0.2, -0.15) is 0 Å². The van der Waals surface area contributed by atoms with E-state index in [4.69, 9.17) is 21.1 Å². The Morgan fingerprint density at radius 1 is 1.27 bits per heavy atom. The number of ether oxygens (including phenoxy) is 2. The second-order valence-electron chi connectivity index (χ2n) is 4.75. The maximum Gasteiger partial charge on any atom is 0.265 e. The molecule has 0 saturated heterocycles. The summed E-state index contributed by atoms with van der Waals surface area (Å²) >= 11 is 5.79. The predicted molar refractivity (Wildman–Crippen MR) is 81.2 cm³/mol. The lowest BCUT2D eigenvalue weighted by Gasteiger charge is -2.29. The average Bonchev–Trinajstić information content (AvgIpc) is 2.53. The summed E-state index contributed by atoms with van der Waals surface area (Å²) in [5.74, 6) is 0.313. The summed E-state index contributed by atoms with van der Waals surface area (Å²) in [6, 6.07) is 10.9. The third kappa shape index (κ3) is 3.14. The predicted octanol–water partition coefficient (Wildman–Crippen LogP) is 3.28. The number of nitrogens with zero attached hydrogens (tertiary/aromatic N) is 1. The molecule has 6 heteroatoms. The van der Waals surface area contributed by atoms with Gasteiger partial charge in [0.2, 0.25) is 0 Å². The molecule has 2 aromatic rings.